The minimum atomic E-state index is -4.06. The largest absolute Gasteiger partial charge is 0.494 e. The molecule has 3 aromatic rings. The number of carbonyl (C=O) groups is 2. The number of hydrogen-bond donors (Lipinski definition) is 2. The fourth-order valence-electron chi connectivity index (χ4n) is 3.11. The number of primary amides is 1. The first-order chi connectivity index (χ1) is 15.7. The molecular formula is C24H25N3O5S. The fourth-order valence-corrected chi connectivity index (χ4v) is 4.53. The van der Waals surface area contributed by atoms with E-state index >= 15 is 0 Å². The summed E-state index contributed by atoms with van der Waals surface area (Å²) in [7, 11) is -4.06. The molecule has 0 aromatic heterocycles. The third-order valence-corrected chi connectivity index (χ3v) is 6.55. The molecule has 0 spiro atoms. The Hall–Kier alpha value is -3.85. The van der Waals surface area contributed by atoms with Crippen molar-refractivity contribution < 1.29 is 22.7 Å². The smallest absolute Gasteiger partial charge is 0.264 e. The lowest BCUT2D eigenvalue weighted by Gasteiger charge is -2.24. The van der Waals surface area contributed by atoms with Crippen LogP contribution in [0.5, 0.6) is 5.75 Å². The van der Waals surface area contributed by atoms with Crippen LogP contribution in [0.3, 0.4) is 0 Å². The van der Waals surface area contributed by atoms with Crippen LogP contribution in [0, 0.1) is 6.92 Å². The molecule has 0 heterocycles. The van der Waals surface area contributed by atoms with Gasteiger partial charge >= 0.3 is 0 Å². The zero-order valence-electron chi connectivity index (χ0n) is 18.3. The highest BCUT2D eigenvalue weighted by atomic mass is 32.2. The molecule has 3 N–H and O–H groups in total. The Kier molecular flexibility index (Phi) is 7.34. The second-order valence-corrected chi connectivity index (χ2v) is 9.11. The maximum absolute atomic E-state index is 13.5. The fraction of sp³-hybridized carbons (Fsp3) is 0.167. The van der Waals surface area contributed by atoms with Crippen LogP contribution in [-0.4, -0.2) is 33.4 Å². The van der Waals surface area contributed by atoms with E-state index in [0.29, 0.717) is 23.7 Å². The number of amides is 2. The third-order valence-electron chi connectivity index (χ3n) is 4.76. The molecule has 0 unspecified atom stereocenters. The van der Waals surface area contributed by atoms with Crippen LogP contribution in [0.1, 0.15) is 22.8 Å². The topological polar surface area (TPSA) is 119 Å². The minimum absolute atomic E-state index is 0.0232. The highest BCUT2D eigenvalue weighted by Crippen LogP contribution is 2.26. The summed E-state index contributed by atoms with van der Waals surface area (Å²) >= 11 is 0. The lowest BCUT2D eigenvalue weighted by atomic mass is 10.2. The van der Waals surface area contributed by atoms with Crippen molar-refractivity contribution in [3.8, 4) is 5.75 Å². The Morgan fingerprint density at radius 2 is 1.67 bits per heavy atom. The van der Waals surface area contributed by atoms with Gasteiger partial charge in [-0.1, -0.05) is 23.8 Å². The van der Waals surface area contributed by atoms with Gasteiger partial charge in [-0.15, -0.1) is 0 Å². The molecule has 0 aliphatic heterocycles. The molecule has 0 fully saturated rings. The van der Waals surface area contributed by atoms with Gasteiger partial charge in [-0.3, -0.25) is 13.9 Å². The Morgan fingerprint density at radius 1 is 1.00 bits per heavy atom. The molecule has 0 saturated carbocycles. The number of ether oxygens (including phenoxy) is 1. The van der Waals surface area contributed by atoms with E-state index < -0.39 is 28.4 Å². The Balaban J connectivity index is 1.91. The van der Waals surface area contributed by atoms with Crippen molar-refractivity contribution in [1.82, 2.24) is 0 Å². The number of benzene rings is 3. The Morgan fingerprint density at radius 3 is 2.27 bits per heavy atom. The first kappa shape index (κ1) is 23.8. The number of anilines is 2. The summed E-state index contributed by atoms with van der Waals surface area (Å²) in [6.07, 6.45) is 0. The standard InChI is InChI=1S/C24H25N3O5S/c1-3-32-21-11-13-22(14-12-21)33(30,31)27(20-9-7-17(2)8-10-20)16-23(28)26-19-6-4-5-18(15-19)24(25)29/h4-15H,3,16H2,1-2H3,(H2,25,29)(H,26,28). The predicted molar refractivity (Wildman–Crippen MR) is 127 cm³/mol. The number of rotatable bonds is 9. The van der Waals surface area contributed by atoms with Crippen LogP contribution in [0.25, 0.3) is 0 Å². The minimum Gasteiger partial charge on any atom is -0.494 e. The predicted octanol–water partition coefficient (Wildman–Crippen LogP) is 3.33. The number of nitrogens with two attached hydrogens (primary N) is 1. The molecule has 0 aliphatic rings. The van der Waals surface area contributed by atoms with Crippen LogP contribution in [0.4, 0.5) is 11.4 Å². The number of hydrogen-bond acceptors (Lipinski definition) is 5. The first-order valence-electron chi connectivity index (χ1n) is 10.2. The highest BCUT2D eigenvalue weighted by Gasteiger charge is 2.27. The Labute approximate surface area is 193 Å². The molecule has 33 heavy (non-hydrogen) atoms. The number of aryl methyl sites for hydroxylation is 1. The molecule has 0 radical (unpaired) electrons. The molecule has 172 valence electrons. The van der Waals surface area contributed by atoms with Gasteiger partial charge < -0.3 is 15.8 Å². The van der Waals surface area contributed by atoms with E-state index in [1.54, 1.807) is 48.5 Å². The number of nitrogens with one attached hydrogen (secondary N) is 1. The van der Waals surface area contributed by atoms with E-state index in [4.69, 9.17) is 10.5 Å². The van der Waals surface area contributed by atoms with Crippen molar-refractivity contribution in [2.45, 2.75) is 18.7 Å². The van der Waals surface area contributed by atoms with Crippen LogP contribution in [0.2, 0.25) is 0 Å². The van der Waals surface area contributed by atoms with Crippen molar-refractivity contribution in [3.63, 3.8) is 0 Å². The van der Waals surface area contributed by atoms with Gasteiger partial charge in [-0.25, -0.2) is 8.42 Å². The maximum atomic E-state index is 13.5. The van der Waals surface area contributed by atoms with Crippen molar-refractivity contribution in [2.75, 3.05) is 22.8 Å². The van der Waals surface area contributed by atoms with Gasteiger partial charge in [0.15, 0.2) is 0 Å². The van der Waals surface area contributed by atoms with Gasteiger partial charge in [0.2, 0.25) is 11.8 Å². The lowest BCUT2D eigenvalue weighted by Crippen LogP contribution is -2.38. The maximum Gasteiger partial charge on any atom is 0.264 e. The number of carbonyl (C=O) groups excluding carboxylic acids is 2. The molecular weight excluding hydrogens is 442 g/mol. The van der Waals surface area contributed by atoms with E-state index in [1.165, 1.54) is 24.3 Å². The van der Waals surface area contributed by atoms with Gasteiger partial charge in [0.25, 0.3) is 10.0 Å². The summed E-state index contributed by atoms with van der Waals surface area (Å²) < 4.78 is 33.3. The van der Waals surface area contributed by atoms with Crippen molar-refractivity contribution in [2.24, 2.45) is 5.73 Å². The van der Waals surface area contributed by atoms with Crippen LogP contribution >= 0.6 is 0 Å². The molecule has 0 aliphatic carbocycles. The Bertz CT molecular complexity index is 1240. The van der Waals surface area contributed by atoms with Gasteiger partial charge in [0.1, 0.15) is 12.3 Å². The first-order valence-corrected chi connectivity index (χ1v) is 11.7. The summed E-state index contributed by atoms with van der Waals surface area (Å²) in [6, 6.07) is 18.9. The van der Waals surface area contributed by atoms with Gasteiger partial charge in [0, 0.05) is 11.3 Å². The van der Waals surface area contributed by atoms with Gasteiger partial charge in [0.05, 0.1) is 17.2 Å². The molecule has 0 atom stereocenters. The molecule has 3 rings (SSSR count). The summed E-state index contributed by atoms with van der Waals surface area (Å²) in [5.41, 5.74) is 7.14. The van der Waals surface area contributed by atoms with E-state index in [0.717, 1.165) is 9.87 Å². The van der Waals surface area contributed by atoms with Gasteiger partial charge in [-0.2, -0.15) is 0 Å². The van der Waals surface area contributed by atoms with E-state index in [-0.39, 0.29) is 10.5 Å². The van der Waals surface area contributed by atoms with Crippen LogP contribution in [0.15, 0.2) is 77.7 Å². The second kappa shape index (κ2) is 10.2. The molecule has 0 bridgehead atoms. The highest BCUT2D eigenvalue weighted by molar-refractivity contribution is 7.92. The number of nitrogens with zero attached hydrogens (tertiary/aromatic N) is 1. The van der Waals surface area contributed by atoms with E-state index in [2.05, 4.69) is 5.32 Å². The third kappa shape index (κ3) is 5.89. The van der Waals surface area contributed by atoms with Gasteiger partial charge in [-0.05, 0) is 68.4 Å². The van der Waals surface area contributed by atoms with E-state index in [1.807, 2.05) is 13.8 Å². The lowest BCUT2D eigenvalue weighted by molar-refractivity contribution is -0.114. The monoisotopic (exact) mass is 467 g/mol. The van der Waals surface area contributed by atoms with Crippen LogP contribution in [-0.2, 0) is 14.8 Å². The molecule has 0 saturated heterocycles. The second-order valence-electron chi connectivity index (χ2n) is 7.24. The number of sulfonamides is 1. The molecule has 8 nitrogen and oxygen atoms in total. The van der Waals surface area contributed by atoms with Crippen molar-refractivity contribution in [3.05, 3.63) is 83.9 Å². The zero-order chi connectivity index (χ0) is 24.0. The van der Waals surface area contributed by atoms with E-state index in [9.17, 15) is 18.0 Å². The SMILES string of the molecule is CCOc1ccc(S(=O)(=O)N(CC(=O)Nc2cccc(C(N)=O)c2)c2ccc(C)cc2)cc1. The average Bonchev–Trinajstić information content (AvgIpc) is 2.79. The quantitative estimate of drug-likeness (QED) is 0.500. The zero-order valence-corrected chi connectivity index (χ0v) is 19.1. The summed E-state index contributed by atoms with van der Waals surface area (Å²) in [5, 5.41) is 2.63. The normalized spacial score (nSPS) is 11.0. The molecule has 9 heteroatoms. The molecule has 2 amide bonds. The summed E-state index contributed by atoms with van der Waals surface area (Å²) in [5.74, 6) is -0.664. The van der Waals surface area contributed by atoms with Crippen LogP contribution < -0.4 is 20.1 Å². The van der Waals surface area contributed by atoms with Crippen molar-refractivity contribution >= 4 is 33.2 Å². The van der Waals surface area contributed by atoms with Crippen molar-refractivity contribution in [1.29, 1.82) is 0 Å². The summed E-state index contributed by atoms with van der Waals surface area (Å²) in [6.45, 7) is 3.70. The molecule has 3 aromatic carbocycles. The average molecular weight is 468 g/mol. The summed E-state index contributed by atoms with van der Waals surface area (Å²) in [4.78, 5) is 24.2.